The summed E-state index contributed by atoms with van der Waals surface area (Å²) in [4.78, 5) is 0. The lowest BCUT2D eigenvalue weighted by Gasteiger charge is -2.21. The van der Waals surface area contributed by atoms with Gasteiger partial charge in [-0.3, -0.25) is 0 Å². The second-order valence-electron chi connectivity index (χ2n) is 6.25. The number of rotatable bonds is 5. The Morgan fingerprint density at radius 2 is 1.31 bits per heavy atom. The van der Waals surface area contributed by atoms with Crippen molar-refractivity contribution in [3.05, 3.63) is 122 Å². The van der Waals surface area contributed by atoms with E-state index in [4.69, 9.17) is 0 Å². The summed E-state index contributed by atoms with van der Waals surface area (Å²) in [7, 11) is 0. The van der Waals surface area contributed by atoms with Crippen molar-refractivity contribution in [3.8, 4) is 0 Å². The first kappa shape index (κ1) is 19.2. The van der Waals surface area contributed by atoms with Gasteiger partial charge in [0.1, 0.15) is 0 Å². The summed E-state index contributed by atoms with van der Waals surface area (Å²) in [6.45, 7) is 17.4. The van der Waals surface area contributed by atoms with Gasteiger partial charge in [-0.1, -0.05) is 104 Å². The van der Waals surface area contributed by atoms with Crippen LogP contribution in [0.4, 0.5) is 0 Å². The standard InChI is InChI=1S/C14H12.C12H14/c1-3-11-9-10-12-7-5-6-8-14(12)13(11)4-2;1-4-12(3,5-2)11-9-7-6-8-10-11/h3-10H,1-2H2;4-10H,1-2H2,3H3. The topological polar surface area (TPSA) is 0 Å². The lowest BCUT2D eigenvalue weighted by Crippen LogP contribution is -2.13. The van der Waals surface area contributed by atoms with Crippen molar-refractivity contribution in [3.63, 3.8) is 0 Å². The van der Waals surface area contributed by atoms with Crippen molar-refractivity contribution < 1.29 is 0 Å². The minimum atomic E-state index is -0.0960. The predicted octanol–water partition coefficient (Wildman–Crippen LogP) is 7.44. The van der Waals surface area contributed by atoms with Gasteiger partial charge in [0.25, 0.3) is 0 Å². The zero-order valence-electron chi connectivity index (χ0n) is 15.5. The van der Waals surface area contributed by atoms with Gasteiger partial charge < -0.3 is 0 Å². The van der Waals surface area contributed by atoms with Gasteiger partial charge in [-0.15, -0.1) is 13.2 Å². The zero-order chi connectivity index (χ0) is 19.0. The SMILES string of the molecule is C=CC(C)(C=C)c1ccccc1.C=Cc1ccc2ccccc2c1C=C. The third-order valence-corrected chi connectivity index (χ3v) is 4.67. The summed E-state index contributed by atoms with van der Waals surface area (Å²) >= 11 is 0. The van der Waals surface area contributed by atoms with Gasteiger partial charge in [-0.05, 0) is 34.4 Å². The Bertz CT molecular complexity index is 905. The van der Waals surface area contributed by atoms with Crippen LogP contribution in [0, 0.1) is 0 Å². The molecule has 0 fully saturated rings. The van der Waals surface area contributed by atoms with Crippen LogP contribution in [0.15, 0.2) is 105 Å². The van der Waals surface area contributed by atoms with Crippen molar-refractivity contribution in [1.29, 1.82) is 0 Å². The van der Waals surface area contributed by atoms with Gasteiger partial charge in [0.2, 0.25) is 0 Å². The van der Waals surface area contributed by atoms with Crippen LogP contribution >= 0.6 is 0 Å². The first-order chi connectivity index (χ1) is 12.6. The van der Waals surface area contributed by atoms with Gasteiger partial charge in [0.05, 0.1) is 0 Å². The molecule has 0 bridgehead atoms. The maximum atomic E-state index is 3.84. The molecule has 3 rings (SSSR count). The highest BCUT2D eigenvalue weighted by Crippen LogP contribution is 2.25. The molecule has 26 heavy (non-hydrogen) atoms. The highest BCUT2D eigenvalue weighted by Gasteiger charge is 2.17. The molecule has 0 heterocycles. The summed E-state index contributed by atoms with van der Waals surface area (Å²) in [5.74, 6) is 0. The van der Waals surface area contributed by atoms with Gasteiger partial charge >= 0.3 is 0 Å². The van der Waals surface area contributed by atoms with Gasteiger partial charge in [-0.25, -0.2) is 0 Å². The summed E-state index contributed by atoms with van der Waals surface area (Å²) in [5.41, 5.74) is 3.44. The molecule has 0 spiro atoms. The highest BCUT2D eigenvalue weighted by molar-refractivity contribution is 5.93. The molecule has 0 aliphatic heterocycles. The Kier molecular flexibility index (Phi) is 6.52. The first-order valence-corrected chi connectivity index (χ1v) is 8.69. The van der Waals surface area contributed by atoms with E-state index in [0.717, 1.165) is 11.1 Å². The van der Waals surface area contributed by atoms with Crippen LogP contribution in [0.1, 0.15) is 23.6 Å². The molecule has 0 N–H and O–H groups in total. The summed E-state index contributed by atoms with van der Waals surface area (Å²) < 4.78 is 0. The molecule has 3 aromatic carbocycles. The number of benzene rings is 3. The molecular weight excluding hydrogens is 312 g/mol. The number of fused-ring (bicyclic) bond motifs is 1. The van der Waals surface area contributed by atoms with Crippen LogP contribution in [-0.4, -0.2) is 0 Å². The van der Waals surface area contributed by atoms with Crippen LogP contribution in [0.25, 0.3) is 22.9 Å². The summed E-state index contributed by atoms with van der Waals surface area (Å²) in [6, 6.07) is 22.7. The number of hydrogen-bond donors (Lipinski definition) is 0. The quantitative estimate of drug-likeness (QED) is 0.424. The zero-order valence-corrected chi connectivity index (χ0v) is 15.5. The molecule has 0 radical (unpaired) electrons. The average Bonchev–Trinajstić information content (AvgIpc) is 2.73. The molecule has 0 aliphatic carbocycles. The van der Waals surface area contributed by atoms with Crippen LogP contribution in [0.5, 0.6) is 0 Å². The second-order valence-corrected chi connectivity index (χ2v) is 6.25. The lowest BCUT2D eigenvalue weighted by molar-refractivity contribution is 0.762. The van der Waals surface area contributed by atoms with E-state index in [-0.39, 0.29) is 5.41 Å². The molecule has 0 atom stereocenters. The normalized spacial score (nSPS) is 10.3. The third-order valence-electron chi connectivity index (χ3n) is 4.67. The largest absolute Gasteiger partial charge is 0.102 e. The van der Waals surface area contributed by atoms with Gasteiger partial charge in [0, 0.05) is 5.41 Å². The monoisotopic (exact) mass is 338 g/mol. The van der Waals surface area contributed by atoms with E-state index in [2.05, 4.69) is 69.6 Å². The number of allylic oxidation sites excluding steroid dienone is 2. The Morgan fingerprint density at radius 3 is 1.88 bits per heavy atom. The van der Waals surface area contributed by atoms with Crippen molar-refractivity contribution in [2.75, 3.05) is 0 Å². The van der Waals surface area contributed by atoms with Crippen molar-refractivity contribution in [2.24, 2.45) is 0 Å². The van der Waals surface area contributed by atoms with Gasteiger partial charge in [-0.2, -0.15) is 0 Å². The van der Waals surface area contributed by atoms with Crippen molar-refractivity contribution in [1.82, 2.24) is 0 Å². The highest BCUT2D eigenvalue weighted by atomic mass is 14.2. The Morgan fingerprint density at radius 1 is 0.692 bits per heavy atom. The summed E-state index contributed by atoms with van der Waals surface area (Å²) in [5, 5.41) is 2.48. The van der Waals surface area contributed by atoms with E-state index in [9.17, 15) is 0 Å². The smallest absolute Gasteiger partial charge is 0.0278 e. The predicted molar refractivity (Wildman–Crippen MR) is 118 cm³/mol. The van der Waals surface area contributed by atoms with E-state index in [0.29, 0.717) is 0 Å². The number of hydrogen-bond acceptors (Lipinski definition) is 0. The van der Waals surface area contributed by atoms with Gasteiger partial charge in [0.15, 0.2) is 0 Å². The molecule has 0 aliphatic rings. The molecule has 3 aromatic rings. The minimum absolute atomic E-state index is 0.0960. The van der Waals surface area contributed by atoms with Crippen LogP contribution < -0.4 is 0 Å². The average molecular weight is 338 g/mol. The second kappa shape index (κ2) is 8.82. The van der Waals surface area contributed by atoms with E-state index in [1.807, 2.05) is 54.6 Å². The molecule has 130 valence electrons. The van der Waals surface area contributed by atoms with Crippen LogP contribution in [-0.2, 0) is 5.41 Å². The molecule has 0 saturated carbocycles. The third kappa shape index (κ3) is 4.10. The van der Waals surface area contributed by atoms with E-state index < -0.39 is 0 Å². The first-order valence-electron chi connectivity index (χ1n) is 8.69. The fraction of sp³-hybridized carbons (Fsp3) is 0.0769. The van der Waals surface area contributed by atoms with Crippen LogP contribution in [0.2, 0.25) is 0 Å². The Labute approximate surface area is 157 Å². The molecule has 0 nitrogen and oxygen atoms in total. The summed E-state index contributed by atoms with van der Waals surface area (Å²) in [6.07, 6.45) is 7.58. The lowest BCUT2D eigenvalue weighted by atomic mass is 9.83. The molecule has 0 unspecified atom stereocenters. The fourth-order valence-electron chi connectivity index (χ4n) is 2.83. The Hall–Kier alpha value is -3.12. The van der Waals surface area contributed by atoms with E-state index in [1.54, 1.807) is 0 Å². The maximum absolute atomic E-state index is 3.84. The molecule has 0 heteroatoms. The molecule has 0 aromatic heterocycles. The Balaban J connectivity index is 0.000000190. The molecule has 0 amide bonds. The minimum Gasteiger partial charge on any atom is -0.102 e. The molecule has 0 saturated heterocycles. The van der Waals surface area contributed by atoms with Crippen LogP contribution in [0.3, 0.4) is 0 Å². The van der Waals surface area contributed by atoms with Crippen molar-refractivity contribution in [2.45, 2.75) is 12.3 Å². The maximum Gasteiger partial charge on any atom is 0.0278 e. The molecular formula is C26H26. The fourth-order valence-corrected chi connectivity index (χ4v) is 2.83. The van der Waals surface area contributed by atoms with E-state index in [1.165, 1.54) is 16.3 Å². The van der Waals surface area contributed by atoms with E-state index >= 15 is 0 Å². The van der Waals surface area contributed by atoms with Crippen molar-refractivity contribution >= 4 is 22.9 Å².